The monoisotopic (exact) mass is 417 g/mol. The fraction of sp³-hybridized carbons (Fsp3) is 0.286. The van der Waals surface area contributed by atoms with E-state index in [1.807, 2.05) is 0 Å². The Morgan fingerprint density at radius 2 is 1.86 bits per heavy atom. The molecule has 3 rings (SSSR count). The lowest BCUT2D eigenvalue weighted by molar-refractivity contribution is -0.146. The second-order valence-electron chi connectivity index (χ2n) is 6.64. The Balaban J connectivity index is 1.93. The average Bonchev–Trinajstić information content (AvgIpc) is 2.68. The maximum atomic E-state index is 13.2. The molecule has 2 amide bonds. The van der Waals surface area contributed by atoms with Gasteiger partial charge in [-0.15, -0.1) is 0 Å². The van der Waals surface area contributed by atoms with Crippen LogP contribution in [0.2, 0.25) is 5.02 Å². The van der Waals surface area contributed by atoms with Crippen molar-refractivity contribution in [3.05, 3.63) is 64.9 Å². The van der Waals surface area contributed by atoms with Gasteiger partial charge in [-0.05, 0) is 48.9 Å². The zero-order valence-electron chi connectivity index (χ0n) is 16.1. The summed E-state index contributed by atoms with van der Waals surface area (Å²) >= 11 is 5.97. The summed E-state index contributed by atoms with van der Waals surface area (Å²) in [6.45, 7) is 2.13. The molecule has 8 heteroatoms. The van der Waals surface area contributed by atoms with Gasteiger partial charge >= 0.3 is 12.0 Å². The number of benzene rings is 2. The number of nitrogens with zero attached hydrogens (tertiary/aromatic N) is 2. The number of nitrogens with one attached hydrogen (secondary N) is 1. The Bertz CT molecular complexity index is 916. The van der Waals surface area contributed by atoms with Crippen molar-refractivity contribution in [2.75, 3.05) is 25.1 Å². The van der Waals surface area contributed by atoms with Gasteiger partial charge in [-0.2, -0.15) is 0 Å². The number of esters is 1. The van der Waals surface area contributed by atoms with E-state index in [1.54, 1.807) is 55.3 Å². The molecule has 0 bridgehead atoms. The number of hydrogen-bond donors (Lipinski definition) is 1. The summed E-state index contributed by atoms with van der Waals surface area (Å²) in [4.78, 5) is 30.9. The third-order valence-corrected chi connectivity index (χ3v) is 4.90. The highest BCUT2D eigenvalue weighted by molar-refractivity contribution is 6.30. The number of aliphatic imine (C=N–C) groups is 1. The Kier molecular flexibility index (Phi) is 6.49. The minimum atomic E-state index is -0.795. The van der Waals surface area contributed by atoms with Crippen LogP contribution in [0.25, 0.3) is 0 Å². The molecule has 29 heavy (non-hydrogen) atoms. The van der Waals surface area contributed by atoms with Gasteiger partial charge in [0.05, 0.1) is 24.9 Å². The lowest BCUT2D eigenvalue weighted by atomic mass is 9.87. The van der Waals surface area contributed by atoms with Crippen molar-refractivity contribution >= 4 is 35.0 Å². The quantitative estimate of drug-likeness (QED) is 0.721. The topological polar surface area (TPSA) is 71.0 Å². The minimum absolute atomic E-state index is 0.201. The van der Waals surface area contributed by atoms with E-state index in [4.69, 9.17) is 16.3 Å². The molecule has 6 nitrogen and oxygen atoms in total. The summed E-state index contributed by atoms with van der Waals surface area (Å²) in [5.41, 5.74) is 1.82. The van der Waals surface area contributed by atoms with Gasteiger partial charge in [0.1, 0.15) is 11.7 Å². The number of anilines is 1. The second-order valence-corrected chi connectivity index (χ2v) is 7.08. The van der Waals surface area contributed by atoms with Crippen LogP contribution in [0.3, 0.4) is 0 Å². The van der Waals surface area contributed by atoms with E-state index in [0.717, 1.165) is 11.3 Å². The van der Waals surface area contributed by atoms with E-state index in [0.29, 0.717) is 10.7 Å². The summed E-state index contributed by atoms with van der Waals surface area (Å²) < 4.78 is 18.5. The van der Waals surface area contributed by atoms with Gasteiger partial charge in [-0.3, -0.25) is 4.79 Å². The first-order chi connectivity index (χ1) is 13.9. The first kappa shape index (κ1) is 20.8. The molecular weight excluding hydrogens is 397 g/mol. The third kappa shape index (κ3) is 4.92. The van der Waals surface area contributed by atoms with Gasteiger partial charge in [0.2, 0.25) is 0 Å². The molecule has 2 aromatic rings. The summed E-state index contributed by atoms with van der Waals surface area (Å²) in [6, 6.07) is 11.7. The van der Waals surface area contributed by atoms with Crippen LogP contribution in [0.4, 0.5) is 14.9 Å². The van der Waals surface area contributed by atoms with Crippen molar-refractivity contribution in [3.63, 3.8) is 0 Å². The van der Waals surface area contributed by atoms with E-state index < -0.39 is 24.0 Å². The normalized spacial score (nSPS) is 18.6. The van der Waals surface area contributed by atoms with Gasteiger partial charge in [-0.1, -0.05) is 23.7 Å². The molecule has 0 radical (unpaired) electrons. The van der Waals surface area contributed by atoms with Gasteiger partial charge in [0.25, 0.3) is 0 Å². The summed E-state index contributed by atoms with van der Waals surface area (Å²) in [7, 11) is 1.78. The molecule has 1 heterocycles. The highest BCUT2D eigenvalue weighted by Crippen LogP contribution is 2.30. The SMILES string of the molecule is CCOC(=O)C1C(CN(C)c2ccc(F)cc2)=NC(=O)NC1c1ccc(Cl)cc1. The molecule has 2 aromatic carbocycles. The summed E-state index contributed by atoms with van der Waals surface area (Å²) in [5, 5.41) is 3.30. The Morgan fingerprint density at radius 3 is 2.48 bits per heavy atom. The van der Waals surface area contributed by atoms with E-state index in [1.165, 1.54) is 12.1 Å². The fourth-order valence-corrected chi connectivity index (χ4v) is 3.38. The Hall–Kier alpha value is -2.93. The highest BCUT2D eigenvalue weighted by Gasteiger charge is 2.40. The molecule has 2 unspecified atom stereocenters. The molecule has 0 fully saturated rings. The van der Waals surface area contributed by atoms with Gasteiger partial charge in [0, 0.05) is 17.8 Å². The van der Waals surface area contributed by atoms with Crippen LogP contribution in [-0.2, 0) is 9.53 Å². The van der Waals surface area contributed by atoms with Crippen molar-refractivity contribution in [1.82, 2.24) is 5.32 Å². The largest absolute Gasteiger partial charge is 0.465 e. The number of rotatable bonds is 6. The molecule has 1 aliphatic rings. The molecule has 0 saturated carbocycles. The molecule has 1 aliphatic heterocycles. The fourth-order valence-electron chi connectivity index (χ4n) is 3.25. The Labute approximate surface area is 173 Å². The second kappa shape index (κ2) is 9.05. The standard InChI is InChI=1S/C21H21ClFN3O3/c1-3-29-20(27)18-17(12-26(2)16-10-8-15(23)9-11-16)24-21(28)25-19(18)13-4-6-14(22)7-5-13/h4-11,18-19H,3,12H2,1-2H3,(H,25,28). The predicted octanol–water partition coefficient (Wildman–Crippen LogP) is 4.00. The van der Waals surface area contributed by atoms with Crippen molar-refractivity contribution in [3.8, 4) is 0 Å². The number of amides is 2. The van der Waals surface area contributed by atoms with Crippen LogP contribution in [0, 0.1) is 11.7 Å². The molecular formula is C21H21ClFN3O3. The smallest absolute Gasteiger partial charge is 0.341 e. The van der Waals surface area contributed by atoms with Crippen LogP contribution >= 0.6 is 11.6 Å². The van der Waals surface area contributed by atoms with Crippen molar-refractivity contribution in [2.45, 2.75) is 13.0 Å². The molecule has 0 aromatic heterocycles. The van der Waals surface area contributed by atoms with E-state index in [9.17, 15) is 14.0 Å². The number of hydrogen-bond acceptors (Lipinski definition) is 4. The summed E-state index contributed by atoms with van der Waals surface area (Å²) in [6.07, 6.45) is 0. The zero-order chi connectivity index (χ0) is 21.0. The third-order valence-electron chi connectivity index (χ3n) is 4.65. The molecule has 152 valence electrons. The number of halogens is 2. The maximum absolute atomic E-state index is 13.2. The van der Waals surface area contributed by atoms with Crippen LogP contribution in [0.1, 0.15) is 18.5 Å². The number of urea groups is 1. The van der Waals surface area contributed by atoms with Crippen LogP contribution in [0.5, 0.6) is 0 Å². The first-order valence-electron chi connectivity index (χ1n) is 9.15. The van der Waals surface area contributed by atoms with Crippen molar-refractivity contribution < 1.29 is 18.7 Å². The van der Waals surface area contributed by atoms with Gasteiger partial charge in [-0.25, -0.2) is 14.2 Å². The van der Waals surface area contributed by atoms with E-state index in [-0.39, 0.29) is 19.0 Å². The van der Waals surface area contributed by atoms with E-state index in [2.05, 4.69) is 10.3 Å². The molecule has 1 N–H and O–H groups in total. The number of carbonyl (C=O) groups is 2. The van der Waals surface area contributed by atoms with Gasteiger partial charge < -0.3 is 15.0 Å². The molecule has 0 aliphatic carbocycles. The lowest BCUT2D eigenvalue weighted by Crippen LogP contribution is -2.48. The number of carbonyl (C=O) groups excluding carboxylic acids is 2. The zero-order valence-corrected chi connectivity index (χ0v) is 16.8. The summed E-state index contributed by atoms with van der Waals surface area (Å²) in [5.74, 6) is -1.61. The maximum Gasteiger partial charge on any atom is 0.341 e. The van der Waals surface area contributed by atoms with Crippen LogP contribution in [0.15, 0.2) is 53.5 Å². The van der Waals surface area contributed by atoms with E-state index >= 15 is 0 Å². The Morgan fingerprint density at radius 1 is 1.21 bits per heavy atom. The molecule has 2 atom stereocenters. The van der Waals surface area contributed by atoms with Crippen molar-refractivity contribution in [2.24, 2.45) is 10.9 Å². The highest BCUT2D eigenvalue weighted by atomic mass is 35.5. The first-order valence-corrected chi connectivity index (χ1v) is 9.53. The van der Waals surface area contributed by atoms with Crippen LogP contribution < -0.4 is 10.2 Å². The van der Waals surface area contributed by atoms with Crippen LogP contribution in [-0.4, -0.2) is 37.9 Å². The minimum Gasteiger partial charge on any atom is -0.465 e. The van der Waals surface area contributed by atoms with Gasteiger partial charge in [0.15, 0.2) is 0 Å². The predicted molar refractivity (Wildman–Crippen MR) is 110 cm³/mol. The average molecular weight is 418 g/mol. The van der Waals surface area contributed by atoms with Crippen molar-refractivity contribution in [1.29, 1.82) is 0 Å². The molecule has 0 saturated heterocycles. The number of ether oxygens (including phenoxy) is 1. The molecule has 0 spiro atoms. The lowest BCUT2D eigenvalue weighted by Gasteiger charge is -2.33.